The molecule has 1 aromatic carbocycles. The first kappa shape index (κ1) is 22.9. The second-order valence-corrected chi connectivity index (χ2v) is 8.91. The van der Waals surface area contributed by atoms with E-state index in [0.717, 1.165) is 0 Å². The first-order valence-electron chi connectivity index (χ1n) is 10.1. The fourth-order valence-electron chi connectivity index (χ4n) is 3.62. The number of methoxy groups -OCH3 is 1. The van der Waals surface area contributed by atoms with Gasteiger partial charge in [-0.3, -0.25) is 4.79 Å². The third-order valence-electron chi connectivity index (χ3n) is 5.31. The maximum atomic E-state index is 12.8. The molecular formula is C20H26N6O4S. The van der Waals surface area contributed by atoms with Gasteiger partial charge in [0.2, 0.25) is 0 Å². The van der Waals surface area contributed by atoms with Crippen LogP contribution in [0, 0.1) is 11.3 Å². The zero-order chi connectivity index (χ0) is 22.6. The number of nitriles is 1. The van der Waals surface area contributed by atoms with Gasteiger partial charge in [-0.2, -0.15) is 22.3 Å². The number of piperazine rings is 1. The Balaban J connectivity index is 1.95. The van der Waals surface area contributed by atoms with Crippen molar-refractivity contribution < 1.29 is 17.9 Å². The molecule has 1 aliphatic rings. The van der Waals surface area contributed by atoms with E-state index in [0.29, 0.717) is 43.0 Å². The van der Waals surface area contributed by atoms with Gasteiger partial charge in [-0.1, -0.05) is 26.0 Å². The van der Waals surface area contributed by atoms with Gasteiger partial charge in [0.05, 0.1) is 24.2 Å². The third-order valence-corrected chi connectivity index (χ3v) is 7.50. The molecule has 1 fully saturated rings. The van der Waals surface area contributed by atoms with Crippen LogP contribution < -0.4 is 4.90 Å². The molecule has 0 aliphatic carbocycles. The predicted octanol–water partition coefficient (Wildman–Crippen LogP) is 1.12. The van der Waals surface area contributed by atoms with Crippen molar-refractivity contribution in [1.82, 2.24) is 18.6 Å². The van der Waals surface area contributed by atoms with Crippen LogP contribution in [0.5, 0.6) is 0 Å². The van der Waals surface area contributed by atoms with E-state index in [1.807, 2.05) is 30.9 Å². The maximum Gasteiger partial charge on any atom is 0.329 e. The molecule has 3 rings (SSSR count). The Morgan fingerprint density at radius 2 is 1.74 bits per heavy atom. The molecule has 10 nitrogen and oxygen atoms in total. The van der Waals surface area contributed by atoms with Gasteiger partial charge in [0.15, 0.2) is 11.7 Å². The monoisotopic (exact) mass is 446 g/mol. The van der Waals surface area contributed by atoms with Crippen molar-refractivity contribution in [2.45, 2.75) is 19.8 Å². The SMILES string of the molecule is CCN(CC)S(=O)(=O)N1CCN(c2nc3ccccc3nc2C(C#N)C(=O)OC)CC1. The molecule has 31 heavy (non-hydrogen) atoms. The lowest BCUT2D eigenvalue weighted by Gasteiger charge is -2.37. The first-order valence-corrected chi connectivity index (χ1v) is 11.5. The number of carbonyl (C=O) groups excluding carboxylic acids is 1. The van der Waals surface area contributed by atoms with Gasteiger partial charge in [-0.15, -0.1) is 0 Å². The van der Waals surface area contributed by atoms with Crippen LogP contribution in [0.3, 0.4) is 0 Å². The van der Waals surface area contributed by atoms with E-state index in [-0.39, 0.29) is 18.8 Å². The van der Waals surface area contributed by atoms with Crippen molar-refractivity contribution in [1.29, 1.82) is 5.26 Å². The number of anilines is 1. The molecule has 1 atom stereocenters. The van der Waals surface area contributed by atoms with Crippen molar-refractivity contribution in [3.63, 3.8) is 0 Å². The normalized spacial score (nSPS) is 16.3. The summed E-state index contributed by atoms with van der Waals surface area (Å²) < 4.78 is 33.3. The van der Waals surface area contributed by atoms with E-state index < -0.39 is 22.1 Å². The topological polar surface area (TPSA) is 120 Å². The summed E-state index contributed by atoms with van der Waals surface area (Å²) in [6, 6.07) is 9.15. The highest BCUT2D eigenvalue weighted by Gasteiger charge is 2.34. The van der Waals surface area contributed by atoms with E-state index in [1.54, 1.807) is 18.2 Å². The molecule has 1 aromatic heterocycles. The molecule has 0 N–H and O–H groups in total. The molecule has 2 aromatic rings. The molecule has 166 valence electrons. The number of nitrogens with zero attached hydrogens (tertiary/aromatic N) is 6. The largest absolute Gasteiger partial charge is 0.468 e. The number of carbonyl (C=O) groups is 1. The molecule has 1 saturated heterocycles. The van der Waals surface area contributed by atoms with E-state index in [9.17, 15) is 18.5 Å². The number of ether oxygens (including phenoxy) is 1. The molecule has 1 unspecified atom stereocenters. The molecular weight excluding hydrogens is 420 g/mol. The van der Waals surface area contributed by atoms with Crippen molar-refractivity contribution in [3.05, 3.63) is 30.0 Å². The summed E-state index contributed by atoms with van der Waals surface area (Å²) in [6.07, 6.45) is 0. The van der Waals surface area contributed by atoms with Crippen molar-refractivity contribution >= 4 is 33.0 Å². The van der Waals surface area contributed by atoms with E-state index in [2.05, 4.69) is 9.97 Å². The molecule has 11 heteroatoms. The van der Waals surface area contributed by atoms with Crippen LogP contribution in [0.1, 0.15) is 25.5 Å². The van der Waals surface area contributed by atoms with Gasteiger partial charge >= 0.3 is 5.97 Å². The smallest absolute Gasteiger partial charge is 0.329 e. The van der Waals surface area contributed by atoms with Gasteiger partial charge in [0.1, 0.15) is 5.69 Å². The van der Waals surface area contributed by atoms with Gasteiger partial charge in [0.25, 0.3) is 10.2 Å². The Kier molecular flexibility index (Phi) is 7.04. The second-order valence-electron chi connectivity index (χ2n) is 6.98. The number of esters is 1. The second kappa shape index (κ2) is 9.55. The van der Waals surface area contributed by atoms with Crippen molar-refractivity contribution in [2.75, 3.05) is 51.3 Å². The van der Waals surface area contributed by atoms with Crippen LogP contribution in [0.25, 0.3) is 11.0 Å². The minimum Gasteiger partial charge on any atom is -0.468 e. The molecule has 0 radical (unpaired) electrons. The number of rotatable bonds is 7. The van der Waals surface area contributed by atoms with Gasteiger partial charge in [0, 0.05) is 39.3 Å². The zero-order valence-electron chi connectivity index (χ0n) is 17.9. The highest BCUT2D eigenvalue weighted by Crippen LogP contribution is 2.29. The average molecular weight is 447 g/mol. The lowest BCUT2D eigenvalue weighted by molar-refractivity contribution is -0.141. The summed E-state index contributed by atoms with van der Waals surface area (Å²) in [5, 5.41) is 9.61. The van der Waals surface area contributed by atoms with Gasteiger partial charge in [-0.25, -0.2) is 9.97 Å². The Morgan fingerprint density at radius 1 is 1.16 bits per heavy atom. The zero-order valence-corrected chi connectivity index (χ0v) is 18.7. The Bertz CT molecular complexity index is 1090. The van der Waals surface area contributed by atoms with Crippen LogP contribution in [0.2, 0.25) is 0 Å². The summed E-state index contributed by atoms with van der Waals surface area (Å²) in [4.78, 5) is 23.3. The first-order chi connectivity index (χ1) is 14.9. The lowest BCUT2D eigenvalue weighted by atomic mass is 10.1. The summed E-state index contributed by atoms with van der Waals surface area (Å²) >= 11 is 0. The number of benzene rings is 1. The van der Waals surface area contributed by atoms with Crippen LogP contribution in [0.4, 0.5) is 5.82 Å². The van der Waals surface area contributed by atoms with Crippen LogP contribution in [-0.4, -0.2) is 79.3 Å². The fraction of sp³-hybridized carbons (Fsp3) is 0.500. The predicted molar refractivity (Wildman–Crippen MR) is 116 cm³/mol. The Labute approximate surface area is 182 Å². The Hall–Kier alpha value is -2.81. The van der Waals surface area contributed by atoms with Crippen molar-refractivity contribution in [3.8, 4) is 6.07 Å². The number of para-hydroxylation sites is 2. The summed E-state index contributed by atoms with van der Waals surface area (Å²) in [6.45, 7) is 5.68. The maximum absolute atomic E-state index is 12.8. The third kappa shape index (κ3) is 4.46. The number of aromatic nitrogens is 2. The molecule has 2 heterocycles. The van der Waals surface area contributed by atoms with Crippen LogP contribution in [-0.2, 0) is 19.7 Å². The van der Waals surface area contributed by atoms with Gasteiger partial charge < -0.3 is 9.64 Å². The van der Waals surface area contributed by atoms with Gasteiger partial charge in [-0.05, 0) is 12.1 Å². The summed E-state index contributed by atoms with van der Waals surface area (Å²) in [7, 11) is -2.32. The van der Waals surface area contributed by atoms with Crippen molar-refractivity contribution in [2.24, 2.45) is 0 Å². The average Bonchev–Trinajstić information content (AvgIpc) is 2.79. The summed E-state index contributed by atoms with van der Waals surface area (Å²) in [5.41, 5.74) is 1.40. The minimum atomic E-state index is -3.54. The molecule has 0 amide bonds. The molecule has 0 spiro atoms. The van der Waals surface area contributed by atoms with Crippen LogP contribution in [0.15, 0.2) is 24.3 Å². The van der Waals surface area contributed by atoms with E-state index in [1.165, 1.54) is 15.7 Å². The highest BCUT2D eigenvalue weighted by molar-refractivity contribution is 7.86. The quantitative estimate of drug-likeness (QED) is 0.580. The number of fused-ring (bicyclic) bond motifs is 1. The minimum absolute atomic E-state index is 0.216. The van der Waals surface area contributed by atoms with Crippen LogP contribution >= 0.6 is 0 Å². The van der Waals surface area contributed by atoms with E-state index >= 15 is 0 Å². The number of hydrogen-bond acceptors (Lipinski definition) is 8. The molecule has 0 saturated carbocycles. The standard InChI is InChI=1S/C20H26N6O4S/c1-4-25(5-2)31(28,29)26-12-10-24(11-13-26)19-18(15(14-21)20(27)30-3)22-16-8-6-7-9-17(16)23-19/h6-9,15H,4-5,10-13H2,1-3H3. The Morgan fingerprint density at radius 3 is 2.26 bits per heavy atom. The molecule has 0 bridgehead atoms. The number of hydrogen-bond donors (Lipinski definition) is 0. The lowest BCUT2D eigenvalue weighted by Crippen LogP contribution is -2.53. The summed E-state index contributed by atoms with van der Waals surface area (Å²) in [5.74, 6) is -1.54. The fourth-order valence-corrected chi connectivity index (χ4v) is 5.22. The molecule has 1 aliphatic heterocycles. The highest BCUT2D eigenvalue weighted by atomic mass is 32.2. The van der Waals surface area contributed by atoms with E-state index in [4.69, 9.17) is 4.74 Å².